The first kappa shape index (κ1) is 28.5. The number of hydrogen-bond acceptors (Lipinski definition) is 11. The van der Waals surface area contributed by atoms with Crippen molar-refractivity contribution in [3.05, 3.63) is 11.6 Å². The number of fused-ring (bicyclic) bond motifs is 4. The smallest absolute Gasteiger partial charge is 0.333 e. The number of rotatable bonds is 4. The van der Waals surface area contributed by atoms with Crippen molar-refractivity contribution in [1.82, 2.24) is 0 Å². The summed E-state index contributed by atoms with van der Waals surface area (Å²) in [6.07, 6.45) is -1.79. The van der Waals surface area contributed by atoms with Gasteiger partial charge in [0.15, 0.2) is 6.10 Å². The Morgan fingerprint density at radius 2 is 1.55 bits per heavy atom. The van der Waals surface area contributed by atoms with Crippen molar-refractivity contribution in [2.45, 2.75) is 103 Å². The van der Waals surface area contributed by atoms with Crippen molar-refractivity contribution in [1.29, 1.82) is 0 Å². The predicted octanol–water partition coefficient (Wildman–Crippen LogP) is 1.57. The second kappa shape index (κ2) is 8.76. The van der Waals surface area contributed by atoms with Crippen molar-refractivity contribution in [3.63, 3.8) is 0 Å². The van der Waals surface area contributed by atoms with Crippen molar-refractivity contribution < 1.29 is 53.1 Å². The first-order chi connectivity index (χ1) is 17.4. The average molecular weight is 539 g/mol. The van der Waals surface area contributed by atoms with Gasteiger partial charge in [-0.3, -0.25) is 14.4 Å². The van der Waals surface area contributed by atoms with E-state index < -0.39 is 81.8 Å². The van der Waals surface area contributed by atoms with Gasteiger partial charge in [0.05, 0.1) is 5.60 Å². The van der Waals surface area contributed by atoms with Crippen LogP contribution in [-0.4, -0.2) is 76.5 Å². The summed E-state index contributed by atoms with van der Waals surface area (Å²) in [5.74, 6) is -6.23. The zero-order chi connectivity index (χ0) is 28.6. The molecule has 0 bridgehead atoms. The van der Waals surface area contributed by atoms with E-state index in [0.29, 0.717) is 12.8 Å². The molecule has 1 aliphatic heterocycles. The molecule has 3 aliphatic carbocycles. The molecule has 0 spiro atoms. The van der Waals surface area contributed by atoms with Crippen LogP contribution in [0.5, 0.6) is 0 Å². The van der Waals surface area contributed by atoms with Crippen LogP contribution in [0.1, 0.15) is 67.7 Å². The SMILES string of the molecule is CO[C@@]12CC3C([C@@H](OC(C)=O)[C@H](OC(C)=O)[C@@]4(O)C(C)(C)CC[C@H](OC(C)=O)[C@]34C)[C@](C)(O)C1=CC(=O)O2. The normalized spacial score (nSPS) is 44.9. The Morgan fingerprint density at radius 1 is 0.974 bits per heavy atom. The predicted molar refractivity (Wildman–Crippen MR) is 129 cm³/mol. The molecule has 3 saturated carbocycles. The minimum absolute atomic E-state index is 0.0426. The van der Waals surface area contributed by atoms with E-state index in [9.17, 15) is 29.4 Å². The molecule has 0 amide bonds. The van der Waals surface area contributed by atoms with Crippen LogP contribution in [0, 0.1) is 22.7 Å². The van der Waals surface area contributed by atoms with Crippen LogP contribution in [-0.2, 0) is 42.9 Å². The summed E-state index contributed by atoms with van der Waals surface area (Å²) in [7, 11) is 1.35. The van der Waals surface area contributed by atoms with Crippen molar-refractivity contribution in [2.24, 2.45) is 22.7 Å². The van der Waals surface area contributed by atoms with E-state index in [2.05, 4.69) is 0 Å². The van der Waals surface area contributed by atoms with Crippen LogP contribution >= 0.6 is 0 Å². The molecule has 1 heterocycles. The first-order valence-corrected chi connectivity index (χ1v) is 12.9. The Hall–Kier alpha value is -2.50. The number of carbonyl (C=O) groups is 4. The van der Waals surface area contributed by atoms with E-state index in [1.54, 1.807) is 6.92 Å². The Balaban J connectivity index is 2.08. The van der Waals surface area contributed by atoms with Crippen LogP contribution in [0.25, 0.3) is 0 Å². The molecule has 0 aromatic carbocycles. The second-order valence-corrected chi connectivity index (χ2v) is 12.1. The van der Waals surface area contributed by atoms with E-state index in [1.165, 1.54) is 34.8 Å². The van der Waals surface area contributed by atoms with Gasteiger partial charge in [-0.15, -0.1) is 0 Å². The second-order valence-electron chi connectivity index (χ2n) is 12.1. The van der Waals surface area contributed by atoms with E-state index in [-0.39, 0.29) is 12.0 Å². The third-order valence-electron chi connectivity index (χ3n) is 9.68. The maximum atomic E-state index is 12.9. The molecule has 4 aliphatic rings. The standard InChI is InChI=1S/C27H38O11/c1-13(28)35-18-9-10-23(4,5)27(33)22(37-15(3)30)21(36-14(2)29)20-16(24(18,27)6)12-26(34-8)17(25(20,7)32)11-19(31)38-26/h11,16,18,20-22,32-33H,9-10,12H2,1-8H3/t16?,18-,20?,21+,22-,24-,25+,26+,27+/m0/s1. The van der Waals surface area contributed by atoms with Gasteiger partial charge in [-0.25, -0.2) is 4.79 Å². The molecule has 2 N–H and O–H groups in total. The highest BCUT2D eigenvalue weighted by molar-refractivity contribution is 5.87. The van der Waals surface area contributed by atoms with E-state index in [0.717, 1.165) is 6.08 Å². The molecular formula is C27H38O11. The zero-order valence-corrected chi connectivity index (χ0v) is 23.2. The van der Waals surface area contributed by atoms with Gasteiger partial charge in [-0.1, -0.05) is 20.8 Å². The fourth-order valence-electron chi connectivity index (χ4n) is 8.15. The summed E-state index contributed by atoms with van der Waals surface area (Å²) in [4.78, 5) is 49.7. The van der Waals surface area contributed by atoms with Crippen LogP contribution in [0.3, 0.4) is 0 Å². The van der Waals surface area contributed by atoms with Crippen LogP contribution in [0.4, 0.5) is 0 Å². The van der Waals surface area contributed by atoms with Crippen molar-refractivity contribution in [3.8, 4) is 0 Å². The summed E-state index contributed by atoms with van der Waals surface area (Å²) in [5.41, 5.74) is -6.03. The maximum Gasteiger partial charge on any atom is 0.333 e. The fraction of sp³-hybridized carbons (Fsp3) is 0.778. The largest absolute Gasteiger partial charge is 0.462 e. The van der Waals surface area contributed by atoms with Gasteiger partial charge in [-0.05, 0) is 31.1 Å². The third-order valence-corrected chi connectivity index (χ3v) is 9.68. The van der Waals surface area contributed by atoms with E-state index >= 15 is 0 Å². The molecule has 3 fully saturated rings. The van der Waals surface area contributed by atoms with Crippen molar-refractivity contribution in [2.75, 3.05) is 7.11 Å². The summed E-state index contributed by atoms with van der Waals surface area (Å²) >= 11 is 0. The molecule has 9 atom stereocenters. The molecule has 0 radical (unpaired) electrons. The number of aliphatic hydroxyl groups is 2. The van der Waals surface area contributed by atoms with Gasteiger partial charge >= 0.3 is 23.9 Å². The van der Waals surface area contributed by atoms with Gasteiger partial charge in [0.25, 0.3) is 0 Å². The fourth-order valence-corrected chi connectivity index (χ4v) is 8.15. The third kappa shape index (κ3) is 3.65. The van der Waals surface area contributed by atoms with Crippen molar-refractivity contribution >= 4 is 23.9 Å². The molecule has 0 aromatic rings. The van der Waals surface area contributed by atoms with Crippen LogP contribution in [0.2, 0.25) is 0 Å². The monoisotopic (exact) mass is 538 g/mol. The molecule has 38 heavy (non-hydrogen) atoms. The minimum Gasteiger partial charge on any atom is -0.462 e. The summed E-state index contributed by atoms with van der Waals surface area (Å²) in [5, 5.41) is 25.1. The number of methoxy groups -OCH3 is 1. The highest BCUT2D eigenvalue weighted by Crippen LogP contribution is 2.70. The molecule has 4 rings (SSSR count). The number of carbonyl (C=O) groups excluding carboxylic acids is 4. The molecule has 0 saturated heterocycles. The lowest BCUT2D eigenvalue weighted by Gasteiger charge is -2.71. The summed E-state index contributed by atoms with van der Waals surface area (Å²) in [6.45, 7) is 10.4. The number of esters is 4. The Bertz CT molecular complexity index is 1090. The lowest BCUT2D eigenvalue weighted by molar-refractivity contribution is -0.362. The lowest BCUT2D eigenvalue weighted by Crippen LogP contribution is -2.82. The van der Waals surface area contributed by atoms with Gasteiger partial charge in [-0.2, -0.15) is 0 Å². The molecule has 0 aromatic heterocycles. The molecular weight excluding hydrogens is 500 g/mol. The van der Waals surface area contributed by atoms with Gasteiger partial charge < -0.3 is 33.9 Å². The van der Waals surface area contributed by atoms with E-state index in [1.807, 2.05) is 13.8 Å². The lowest BCUT2D eigenvalue weighted by atomic mass is 9.38. The summed E-state index contributed by atoms with van der Waals surface area (Å²) in [6, 6.07) is 0. The zero-order valence-electron chi connectivity index (χ0n) is 23.2. The Morgan fingerprint density at radius 3 is 2.08 bits per heavy atom. The molecule has 212 valence electrons. The van der Waals surface area contributed by atoms with Crippen LogP contribution < -0.4 is 0 Å². The Kier molecular flexibility index (Phi) is 6.57. The average Bonchev–Trinajstić information content (AvgIpc) is 3.13. The summed E-state index contributed by atoms with van der Waals surface area (Å²) < 4.78 is 28.8. The number of ether oxygens (including phenoxy) is 5. The van der Waals surface area contributed by atoms with Gasteiger partial charge in [0, 0.05) is 57.3 Å². The van der Waals surface area contributed by atoms with E-state index in [4.69, 9.17) is 23.7 Å². The van der Waals surface area contributed by atoms with Crippen LogP contribution in [0.15, 0.2) is 11.6 Å². The topological polar surface area (TPSA) is 155 Å². The highest BCUT2D eigenvalue weighted by atomic mass is 16.7. The van der Waals surface area contributed by atoms with Gasteiger partial charge in [0.1, 0.15) is 17.8 Å². The quantitative estimate of drug-likeness (QED) is 0.396. The van der Waals surface area contributed by atoms with Gasteiger partial charge in [0.2, 0.25) is 5.79 Å². The molecule has 11 heteroatoms. The molecule has 11 nitrogen and oxygen atoms in total. The maximum absolute atomic E-state index is 12.9. The molecule has 2 unspecified atom stereocenters. The first-order valence-electron chi connectivity index (χ1n) is 12.9. The highest BCUT2D eigenvalue weighted by Gasteiger charge is 2.80. The Labute approximate surface area is 221 Å². The minimum atomic E-state index is -1.93. The number of hydrogen-bond donors (Lipinski definition) is 2.